The summed E-state index contributed by atoms with van der Waals surface area (Å²) < 4.78 is 5.23. The molecular formula is C20H29N5O3S. The van der Waals surface area contributed by atoms with Gasteiger partial charge in [0.05, 0.1) is 7.11 Å². The zero-order valence-corrected chi connectivity index (χ0v) is 18.5. The molecule has 9 heteroatoms. The number of rotatable bonds is 7. The predicted octanol–water partition coefficient (Wildman–Crippen LogP) is 3.66. The average molecular weight is 420 g/mol. The van der Waals surface area contributed by atoms with Gasteiger partial charge in [-0.3, -0.25) is 10.1 Å². The summed E-state index contributed by atoms with van der Waals surface area (Å²) in [5.41, 5.74) is 0.453. The minimum Gasteiger partial charge on any atom is -0.497 e. The summed E-state index contributed by atoms with van der Waals surface area (Å²) in [5.74, 6) is 0.345. The van der Waals surface area contributed by atoms with Crippen molar-refractivity contribution in [3.05, 3.63) is 24.3 Å². The highest BCUT2D eigenvalue weighted by molar-refractivity contribution is 7.18. The van der Waals surface area contributed by atoms with E-state index in [2.05, 4.69) is 26.1 Å². The van der Waals surface area contributed by atoms with E-state index in [1.54, 1.807) is 7.11 Å². The summed E-state index contributed by atoms with van der Waals surface area (Å²) in [5, 5.41) is 17.6. The molecular weight excluding hydrogens is 390 g/mol. The van der Waals surface area contributed by atoms with Crippen LogP contribution in [-0.2, 0) is 4.79 Å². The second-order valence-electron chi connectivity index (χ2n) is 7.85. The van der Waals surface area contributed by atoms with Crippen LogP contribution in [0, 0.1) is 5.92 Å². The van der Waals surface area contributed by atoms with E-state index in [0.29, 0.717) is 15.9 Å². The molecule has 1 heterocycles. The number of hydrogen-bond acceptors (Lipinski definition) is 6. The van der Waals surface area contributed by atoms with Crippen molar-refractivity contribution in [1.82, 2.24) is 20.8 Å². The zero-order valence-electron chi connectivity index (χ0n) is 17.7. The standard InChI is InChI=1S/C20H29N5O3S/c1-7-12(2)15(21-18(27)23-20(3,4)5)16(26)22-19-25-24-17(29-19)13-9-8-10-14(11-13)28-6/h8-12,15H,7H2,1-6H3,(H2,21,23,27)(H,22,25,26). The van der Waals surface area contributed by atoms with Crippen LogP contribution in [-0.4, -0.2) is 40.8 Å². The average Bonchev–Trinajstić information content (AvgIpc) is 3.12. The van der Waals surface area contributed by atoms with Gasteiger partial charge < -0.3 is 15.4 Å². The zero-order chi connectivity index (χ0) is 21.6. The van der Waals surface area contributed by atoms with Crippen LogP contribution in [0.1, 0.15) is 41.0 Å². The van der Waals surface area contributed by atoms with Gasteiger partial charge in [-0.15, -0.1) is 10.2 Å². The molecule has 2 rings (SSSR count). The van der Waals surface area contributed by atoms with Crippen molar-refractivity contribution in [1.29, 1.82) is 0 Å². The quantitative estimate of drug-likeness (QED) is 0.635. The van der Waals surface area contributed by atoms with E-state index in [4.69, 9.17) is 4.74 Å². The number of carbonyl (C=O) groups excluding carboxylic acids is 2. The maximum absolute atomic E-state index is 12.8. The number of amides is 3. The smallest absolute Gasteiger partial charge is 0.315 e. The molecule has 158 valence electrons. The van der Waals surface area contributed by atoms with Gasteiger partial charge in [0, 0.05) is 11.1 Å². The van der Waals surface area contributed by atoms with E-state index in [-0.39, 0.29) is 17.9 Å². The number of nitrogens with zero attached hydrogens (tertiary/aromatic N) is 2. The Morgan fingerprint density at radius 1 is 1.24 bits per heavy atom. The molecule has 0 aliphatic rings. The molecule has 0 saturated carbocycles. The molecule has 0 spiro atoms. The minimum absolute atomic E-state index is 0.0495. The van der Waals surface area contributed by atoms with Crippen molar-refractivity contribution in [2.24, 2.45) is 5.92 Å². The van der Waals surface area contributed by atoms with Gasteiger partial charge in [-0.05, 0) is 38.8 Å². The number of nitrogens with one attached hydrogen (secondary N) is 3. The Bertz CT molecular complexity index is 847. The Kier molecular flexibility index (Phi) is 7.55. The number of anilines is 1. The number of aromatic nitrogens is 2. The van der Waals surface area contributed by atoms with Gasteiger partial charge in [0.15, 0.2) is 0 Å². The fourth-order valence-electron chi connectivity index (χ4n) is 2.55. The second-order valence-corrected chi connectivity index (χ2v) is 8.82. The fraction of sp³-hybridized carbons (Fsp3) is 0.500. The summed E-state index contributed by atoms with van der Waals surface area (Å²) >= 11 is 1.26. The van der Waals surface area contributed by atoms with Gasteiger partial charge in [0.2, 0.25) is 11.0 Å². The molecule has 8 nitrogen and oxygen atoms in total. The fourth-order valence-corrected chi connectivity index (χ4v) is 3.29. The van der Waals surface area contributed by atoms with Gasteiger partial charge in [0.1, 0.15) is 16.8 Å². The first-order chi connectivity index (χ1) is 13.6. The molecule has 1 aromatic carbocycles. The van der Waals surface area contributed by atoms with Gasteiger partial charge in [-0.2, -0.15) is 0 Å². The summed E-state index contributed by atoms with van der Waals surface area (Å²) in [7, 11) is 1.60. The number of methoxy groups -OCH3 is 1. The lowest BCUT2D eigenvalue weighted by Crippen LogP contribution is -2.54. The maximum Gasteiger partial charge on any atom is 0.315 e. The Morgan fingerprint density at radius 3 is 2.59 bits per heavy atom. The van der Waals surface area contributed by atoms with E-state index in [1.165, 1.54) is 11.3 Å². The minimum atomic E-state index is -0.688. The third-order valence-electron chi connectivity index (χ3n) is 4.24. The highest BCUT2D eigenvalue weighted by Crippen LogP contribution is 2.29. The Morgan fingerprint density at radius 2 is 1.97 bits per heavy atom. The first-order valence-corrected chi connectivity index (χ1v) is 10.3. The third-order valence-corrected chi connectivity index (χ3v) is 5.13. The number of carbonyl (C=O) groups is 2. The van der Waals surface area contributed by atoms with Crippen molar-refractivity contribution in [3.63, 3.8) is 0 Å². The molecule has 3 N–H and O–H groups in total. The van der Waals surface area contributed by atoms with E-state index in [1.807, 2.05) is 58.9 Å². The Hall–Kier alpha value is -2.68. The molecule has 0 saturated heterocycles. The number of ether oxygens (including phenoxy) is 1. The molecule has 0 aliphatic carbocycles. The highest BCUT2D eigenvalue weighted by Gasteiger charge is 2.28. The van der Waals surface area contributed by atoms with Crippen LogP contribution < -0.4 is 20.7 Å². The first-order valence-electron chi connectivity index (χ1n) is 9.50. The summed E-state index contributed by atoms with van der Waals surface area (Å²) in [6, 6.07) is 6.39. The van der Waals surface area contributed by atoms with Crippen molar-refractivity contribution < 1.29 is 14.3 Å². The van der Waals surface area contributed by atoms with Crippen molar-refractivity contribution >= 4 is 28.4 Å². The number of urea groups is 1. The van der Waals surface area contributed by atoms with E-state index < -0.39 is 11.6 Å². The molecule has 3 amide bonds. The van der Waals surface area contributed by atoms with Crippen molar-refractivity contribution in [2.75, 3.05) is 12.4 Å². The highest BCUT2D eigenvalue weighted by atomic mass is 32.1. The van der Waals surface area contributed by atoms with Crippen LogP contribution in [0.25, 0.3) is 10.6 Å². The van der Waals surface area contributed by atoms with Crippen LogP contribution in [0.15, 0.2) is 24.3 Å². The van der Waals surface area contributed by atoms with E-state index in [0.717, 1.165) is 12.0 Å². The lowest BCUT2D eigenvalue weighted by molar-refractivity contribution is -0.119. The molecule has 0 fully saturated rings. The molecule has 29 heavy (non-hydrogen) atoms. The third kappa shape index (κ3) is 6.70. The maximum atomic E-state index is 12.8. The van der Waals surface area contributed by atoms with Gasteiger partial charge in [-0.25, -0.2) is 4.79 Å². The van der Waals surface area contributed by atoms with Crippen LogP contribution in [0.2, 0.25) is 0 Å². The van der Waals surface area contributed by atoms with E-state index in [9.17, 15) is 9.59 Å². The molecule has 0 radical (unpaired) electrons. The van der Waals surface area contributed by atoms with Crippen molar-refractivity contribution in [3.8, 4) is 16.3 Å². The monoisotopic (exact) mass is 419 g/mol. The molecule has 2 unspecified atom stereocenters. The SMILES string of the molecule is CCC(C)C(NC(=O)NC(C)(C)C)C(=O)Nc1nnc(-c2cccc(OC)c2)s1. The summed E-state index contributed by atoms with van der Waals surface area (Å²) in [6.45, 7) is 9.54. The topological polar surface area (TPSA) is 105 Å². The molecule has 0 aliphatic heterocycles. The van der Waals surface area contributed by atoms with Crippen LogP contribution in [0.5, 0.6) is 5.75 Å². The van der Waals surface area contributed by atoms with Crippen molar-refractivity contribution in [2.45, 2.75) is 52.6 Å². The Balaban J connectivity index is 2.11. The molecule has 1 aromatic heterocycles. The molecule has 2 aromatic rings. The van der Waals surface area contributed by atoms with Crippen LogP contribution in [0.4, 0.5) is 9.93 Å². The van der Waals surface area contributed by atoms with Gasteiger partial charge in [-0.1, -0.05) is 43.7 Å². The van der Waals surface area contributed by atoms with Crippen LogP contribution in [0.3, 0.4) is 0 Å². The lowest BCUT2D eigenvalue weighted by atomic mass is 9.98. The predicted molar refractivity (Wildman–Crippen MR) is 115 cm³/mol. The van der Waals surface area contributed by atoms with Gasteiger partial charge in [0.25, 0.3) is 0 Å². The normalized spacial score (nSPS) is 13.3. The Labute approximate surface area is 175 Å². The van der Waals surface area contributed by atoms with Gasteiger partial charge >= 0.3 is 6.03 Å². The van der Waals surface area contributed by atoms with Crippen LogP contribution >= 0.6 is 11.3 Å². The summed E-state index contributed by atoms with van der Waals surface area (Å²) in [6.07, 6.45) is 0.735. The lowest BCUT2D eigenvalue weighted by Gasteiger charge is -2.26. The van der Waals surface area contributed by atoms with E-state index >= 15 is 0 Å². The molecule has 0 bridgehead atoms. The largest absolute Gasteiger partial charge is 0.497 e. The first kappa shape index (κ1) is 22.6. The molecule has 2 atom stereocenters. The summed E-state index contributed by atoms with van der Waals surface area (Å²) in [4.78, 5) is 25.1. The number of hydrogen-bond donors (Lipinski definition) is 3. The second kappa shape index (κ2) is 9.69. The number of benzene rings is 1.